The second-order valence-electron chi connectivity index (χ2n) is 7.47. The SMILES string of the molecule is Cc1[nH]c2ccc(F)cc2c1CCNC(=O)c1cnc(N(C)C)nc1-c1ccccn1. The first kappa shape index (κ1) is 20.5. The molecule has 1 amide bonds. The summed E-state index contributed by atoms with van der Waals surface area (Å²) in [7, 11) is 3.67. The molecule has 2 N–H and O–H groups in total. The number of amides is 1. The van der Waals surface area contributed by atoms with Gasteiger partial charge < -0.3 is 15.2 Å². The van der Waals surface area contributed by atoms with Crippen LogP contribution in [0.15, 0.2) is 48.8 Å². The third-order valence-corrected chi connectivity index (χ3v) is 5.07. The molecule has 7 nitrogen and oxygen atoms in total. The van der Waals surface area contributed by atoms with Gasteiger partial charge in [0.2, 0.25) is 5.95 Å². The first-order valence-corrected chi connectivity index (χ1v) is 9.94. The van der Waals surface area contributed by atoms with Gasteiger partial charge in [-0.05, 0) is 49.2 Å². The molecular formula is C23H23FN6O. The van der Waals surface area contributed by atoms with Crippen molar-refractivity contribution in [3.8, 4) is 11.4 Å². The van der Waals surface area contributed by atoms with Crippen LogP contribution in [0.4, 0.5) is 10.3 Å². The van der Waals surface area contributed by atoms with Crippen molar-refractivity contribution in [3.63, 3.8) is 0 Å². The van der Waals surface area contributed by atoms with Crippen molar-refractivity contribution in [2.75, 3.05) is 25.5 Å². The maximum atomic E-state index is 13.7. The molecule has 8 heteroatoms. The molecule has 31 heavy (non-hydrogen) atoms. The van der Waals surface area contributed by atoms with E-state index in [0.29, 0.717) is 35.9 Å². The number of aromatic nitrogens is 4. The first-order valence-electron chi connectivity index (χ1n) is 9.94. The van der Waals surface area contributed by atoms with Crippen LogP contribution in [0.1, 0.15) is 21.6 Å². The Balaban J connectivity index is 1.56. The summed E-state index contributed by atoms with van der Waals surface area (Å²) in [4.78, 5) is 31.1. The average Bonchev–Trinajstić information content (AvgIpc) is 3.08. The number of carbonyl (C=O) groups excluding carboxylic acids is 1. The number of nitrogens with zero attached hydrogens (tertiary/aromatic N) is 4. The lowest BCUT2D eigenvalue weighted by Gasteiger charge is -2.14. The van der Waals surface area contributed by atoms with E-state index in [2.05, 4.69) is 25.3 Å². The van der Waals surface area contributed by atoms with E-state index in [1.165, 1.54) is 18.3 Å². The Kier molecular flexibility index (Phi) is 5.62. The van der Waals surface area contributed by atoms with Crippen LogP contribution in [0, 0.1) is 12.7 Å². The number of anilines is 1. The standard InChI is InChI=1S/C23H23FN6O/c1-14-16(17-12-15(24)7-8-19(17)28-14)9-11-26-22(31)18-13-27-23(30(2)3)29-21(18)20-6-4-5-10-25-20/h4-8,10,12-13,28H,9,11H2,1-3H3,(H,26,31). The smallest absolute Gasteiger partial charge is 0.255 e. The van der Waals surface area contributed by atoms with Crippen molar-refractivity contribution >= 4 is 22.8 Å². The second-order valence-corrected chi connectivity index (χ2v) is 7.47. The highest BCUT2D eigenvalue weighted by Crippen LogP contribution is 2.24. The molecule has 1 aromatic carbocycles. The zero-order valence-electron chi connectivity index (χ0n) is 17.6. The van der Waals surface area contributed by atoms with E-state index in [-0.39, 0.29) is 11.7 Å². The third kappa shape index (κ3) is 4.23. The number of rotatable bonds is 6. The van der Waals surface area contributed by atoms with Crippen molar-refractivity contribution in [1.29, 1.82) is 0 Å². The minimum absolute atomic E-state index is 0.282. The number of aromatic amines is 1. The number of pyridine rings is 1. The predicted octanol–water partition coefficient (Wildman–Crippen LogP) is 3.51. The normalized spacial score (nSPS) is 11.0. The van der Waals surface area contributed by atoms with Crippen molar-refractivity contribution in [3.05, 3.63) is 71.4 Å². The van der Waals surface area contributed by atoms with Gasteiger partial charge in [0, 0.05) is 49.6 Å². The van der Waals surface area contributed by atoms with Gasteiger partial charge >= 0.3 is 0 Å². The Bertz CT molecular complexity index is 1240. The fraction of sp³-hybridized carbons (Fsp3) is 0.217. The number of benzene rings is 1. The maximum absolute atomic E-state index is 13.7. The van der Waals surface area contributed by atoms with Gasteiger partial charge in [-0.15, -0.1) is 0 Å². The number of hydrogen-bond donors (Lipinski definition) is 2. The first-order chi connectivity index (χ1) is 14.9. The van der Waals surface area contributed by atoms with Crippen LogP contribution in [0.5, 0.6) is 0 Å². The molecule has 4 aromatic rings. The number of hydrogen-bond acceptors (Lipinski definition) is 5. The number of halogens is 1. The van der Waals surface area contributed by atoms with Crippen LogP contribution >= 0.6 is 0 Å². The summed E-state index contributed by atoms with van der Waals surface area (Å²) < 4.78 is 13.7. The van der Waals surface area contributed by atoms with E-state index >= 15 is 0 Å². The summed E-state index contributed by atoms with van der Waals surface area (Å²) in [6, 6.07) is 10.1. The lowest BCUT2D eigenvalue weighted by atomic mass is 10.1. The molecule has 0 atom stereocenters. The van der Waals surface area contributed by atoms with Gasteiger partial charge in [0.25, 0.3) is 5.91 Å². The van der Waals surface area contributed by atoms with Gasteiger partial charge in [-0.1, -0.05) is 6.07 Å². The molecule has 4 rings (SSSR count). The number of fused-ring (bicyclic) bond motifs is 1. The highest BCUT2D eigenvalue weighted by atomic mass is 19.1. The molecule has 158 valence electrons. The maximum Gasteiger partial charge on any atom is 0.255 e. The Morgan fingerprint density at radius 2 is 2.03 bits per heavy atom. The van der Waals surface area contributed by atoms with E-state index in [1.54, 1.807) is 17.2 Å². The lowest BCUT2D eigenvalue weighted by Crippen LogP contribution is -2.27. The molecule has 0 aliphatic heterocycles. The van der Waals surface area contributed by atoms with Crippen molar-refractivity contribution < 1.29 is 9.18 Å². The monoisotopic (exact) mass is 418 g/mol. The van der Waals surface area contributed by atoms with Gasteiger partial charge in [-0.2, -0.15) is 0 Å². The number of H-pyrrole nitrogens is 1. The van der Waals surface area contributed by atoms with Crippen molar-refractivity contribution in [2.24, 2.45) is 0 Å². The van der Waals surface area contributed by atoms with Gasteiger partial charge in [-0.3, -0.25) is 9.78 Å². The molecular weight excluding hydrogens is 395 g/mol. The molecule has 0 bridgehead atoms. The second kappa shape index (κ2) is 8.51. The van der Waals surface area contributed by atoms with Crippen molar-refractivity contribution in [2.45, 2.75) is 13.3 Å². The minimum atomic E-state index is -0.283. The highest BCUT2D eigenvalue weighted by molar-refractivity contribution is 5.99. The lowest BCUT2D eigenvalue weighted by molar-refractivity contribution is 0.0954. The van der Waals surface area contributed by atoms with Crippen LogP contribution < -0.4 is 10.2 Å². The number of nitrogens with one attached hydrogen (secondary N) is 2. The Morgan fingerprint density at radius 3 is 2.77 bits per heavy atom. The van der Waals surface area contributed by atoms with Crippen molar-refractivity contribution in [1.82, 2.24) is 25.3 Å². The molecule has 0 aliphatic carbocycles. The fourth-order valence-electron chi connectivity index (χ4n) is 3.53. The molecule has 0 saturated heterocycles. The number of carbonyl (C=O) groups is 1. The van der Waals surface area contributed by atoms with E-state index in [1.807, 2.05) is 39.2 Å². The summed E-state index contributed by atoms with van der Waals surface area (Å²) in [5, 5.41) is 3.77. The summed E-state index contributed by atoms with van der Waals surface area (Å²) in [5.41, 5.74) is 4.25. The fourth-order valence-corrected chi connectivity index (χ4v) is 3.53. The van der Waals surface area contributed by atoms with Gasteiger partial charge in [-0.25, -0.2) is 14.4 Å². The zero-order chi connectivity index (χ0) is 22.0. The molecule has 0 radical (unpaired) electrons. The zero-order valence-corrected chi connectivity index (χ0v) is 17.6. The Labute approximate surface area is 179 Å². The van der Waals surface area contributed by atoms with E-state index in [4.69, 9.17) is 0 Å². The summed E-state index contributed by atoms with van der Waals surface area (Å²) in [5.74, 6) is -0.0711. The Morgan fingerprint density at radius 1 is 1.19 bits per heavy atom. The van der Waals surface area contributed by atoms with E-state index in [9.17, 15) is 9.18 Å². The van der Waals surface area contributed by atoms with Crippen LogP contribution in [0.3, 0.4) is 0 Å². The molecule has 0 spiro atoms. The molecule has 0 aliphatic rings. The summed E-state index contributed by atoms with van der Waals surface area (Å²) in [6.07, 6.45) is 3.75. The summed E-state index contributed by atoms with van der Waals surface area (Å²) in [6.45, 7) is 2.34. The summed E-state index contributed by atoms with van der Waals surface area (Å²) >= 11 is 0. The Hall–Kier alpha value is -3.81. The van der Waals surface area contributed by atoms with Crippen LogP contribution in [-0.2, 0) is 6.42 Å². The molecule has 3 aromatic heterocycles. The van der Waals surface area contributed by atoms with E-state index < -0.39 is 0 Å². The van der Waals surface area contributed by atoms with E-state index in [0.717, 1.165) is 22.2 Å². The van der Waals surface area contributed by atoms with Crippen LogP contribution in [0.2, 0.25) is 0 Å². The topological polar surface area (TPSA) is 86.8 Å². The van der Waals surface area contributed by atoms with Gasteiger partial charge in [0.1, 0.15) is 11.5 Å². The van der Waals surface area contributed by atoms with Crippen LogP contribution in [-0.4, -0.2) is 46.5 Å². The molecule has 0 fully saturated rings. The minimum Gasteiger partial charge on any atom is -0.358 e. The molecule has 3 heterocycles. The highest BCUT2D eigenvalue weighted by Gasteiger charge is 2.18. The third-order valence-electron chi connectivity index (χ3n) is 5.07. The van der Waals surface area contributed by atoms with Gasteiger partial charge in [0.15, 0.2) is 0 Å². The van der Waals surface area contributed by atoms with Gasteiger partial charge in [0.05, 0.1) is 11.3 Å². The quantitative estimate of drug-likeness (QED) is 0.500. The van der Waals surface area contributed by atoms with Crippen LogP contribution in [0.25, 0.3) is 22.3 Å². The number of aryl methyl sites for hydroxylation is 1. The largest absolute Gasteiger partial charge is 0.358 e. The molecule has 0 unspecified atom stereocenters. The molecule has 0 saturated carbocycles. The average molecular weight is 418 g/mol. The predicted molar refractivity (Wildman–Crippen MR) is 119 cm³/mol.